The molecule has 0 amide bonds. The number of carbonyl (C=O) groups excluding carboxylic acids is 1. The Labute approximate surface area is 99.1 Å². The lowest BCUT2D eigenvalue weighted by molar-refractivity contribution is 0.103. The van der Waals surface area contributed by atoms with Gasteiger partial charge < -0.3 is 0 Å². The fraction of sp³-hybridized carbons (Fsp3) is 0.143. The number of benzene rings is 1. The second kappa shape index (κ2) is 4.45. The number of hydrogen-bond acceptors (Lipinski definition) is 2. The number of carbonyl (C=O) groups is 1. The normalized spacial score (nSPS) is 10.3. The van der Waals surface area contributed by atoms with E-state index in [-0.39, 0.29) is 11.6 Å². The van der Waals surface area contributed by atoms with Gasteiger partial charge in [0.25, 0.3) is 0 Å². The zero-order valence-electron chi connectivity index (χ0n) is 9.70. The molecule has 2 aromatic rings. The zero-order chi connectivity index (χ0) is 12.4. The Morgan fingerprint density at radius 1 is 1.24 bits per heavy atom. The third-order valence-electron chi connectivity index (χ3n) is 2.69. The number of aromatic nitrogens is 1. The first-order valence-electron chi connectivity index (χ1n) is 5.32. The van der Waals surface area contributed by atoms with Crippen molar-refractivity contribution in [2.75, 3.05) is 0 Å². The van der Waals surface area contributed by atoms with Crippen LogP contribution in [0.4, 0.5) is 4.39 Å². The molecule has 0 N–H and O–H groups in total. The quantitative estimate of drug-likeness (QED) is 0.741. The topological polar surface area (TPSA) is 30.0 Å². The second-order valence-electron chi connectivity index (χ2n) is 3.93. The Kier molecular flexibility index (Phi) is 3.00. The van der Waals surface area contributed by atoms with E-state index < -0.39 is 0 Å². The molecule has 1 aromatic heterocycles. The summed E-state index contributed by atoms with van der Waals surface area (Å²) in [4.78, 5) is 16.2. The molecule has 1 aromatic carbocycles. The predicted octanol–water partition coefficient (Wildman–Crippen LogP) is 3.07. The van der Waals surface area contributed by atoms with Crippen molar-refractivity contribution >= 4 is 5.78 Å². The molecule has 0 bridgehead atoms. The van der Waals surface area contributed by atoms with E-state index in [0.29, 0.717) is 22.4 Å². The summed E-state index contributed by atoms with van der Waals surface area (Å²) in [5.41, 5.74) is 2.04. The van der Waals surface area contributed by atoms with Gasteiger partial charge in [-0.15, -0.1) is 0 Å². The van der Waals surface area contributed by atoms with Gasteiger partial charge >= 0.3 is 0 Å². The Hall–Kier alpha value is -2.03. The van der Waals surface area contributed by atoms with E-state index in [4.69, 9.17) is 0 Å². The van der Waals surface area contributed by atoms with Crippen LogP contribution in [0.3, 0.4) is 0 Å². The first kappa shape index (κ1) is 11.5. The minimum atomic E-state index is -0.364. The smallest absolute Gasteiger partial charge is 0.194 e. The Bertz CT molecular complexity index is 578. The third-order valence-corrected chi connectivity index (χ3v) is 2.69. The van der Waals surface area contributed by atoms with Crippen LogP contribution in [0.5, 0.6) is 0 Å². The van der Waals surface area contributed by atoms with Crippen molar-refractivity contribution in [2.24, 2.45) is 0 Å². The van der Waals surface area contributed by atoms with Crippen molar-refractivity contribution in [1.82, 2.24) is 4.98 Å². The van der Waals surface area contributed by atoms with E-state index in [1.54, 1.807) is 44.3 Å². The van der Waals surface area contributed by atoms with Crippen molar-refractivity contribution in [1.29, 1.82) is 0 Å². The van der Waals surface area contributed by atoms with Crippen LogP contribution < -0.4 is 0 Å². The third kappa shape index (κ3) is 2.23. The molecule has 0 atom stereocenters. The average molecular weight is 229 g/mol. The molecule has 17 heavy (non-hydrogen) atoms. The van der Waals surface area contributed by atoms with Crippen LogP contribution in [0.2, 0.25) is 0 Å². The van der Waals surface area contributed by atoms with E-state index in [0.717, 1.165) is 0 Å². The summed E-state index contributed by atoms with van der Waals surface area (Å²) in [5.74, 6) is -0.563. The summed E-state index contributed by atoms with van der Waals surface area (Å²) in [6.45, 7) is 3.43. The number of ketones is 1. The minimum absolute atomic E-state index is 0.200. The minimum Gasteiger partial charge on any atom is -0.289 e. The number of halogens is 1. The van der Waals surface area contributed by atoms with Crippen molar-refractivity contribution < 1.29 is 9.18 Å². The highest BCUT2D eigenvalue weighted by molar-refractivity contribution is 6.09. The summed E-state index contributed by atoms with van der Waals surface area (Å²) in [6, 6.07) is 7.90. The SMILES string of the molecule is Cc1ccc(C(=O)c2cccnc2C)cc1F. The van der Waals surface area contributed by atoms with Crippen LogP contribution in [0.15, 0.2) is 36.5 Å². The summed E-state index contributed by atoms with van der Waals surface area (Å²) in [6.07, 6.45) is 1.63. The number of rotatable bonds is 2. The van der Waals surface area contributed by atoms with Gasteiger partial charge in [0.05, 0.1) is 0 Å². The standard InChI is InChI=1S/C14H12FNO/c1-9-5-6-11(8-13(9)15)14(17)12-4-3-7-16-10(12)2/h3-8H,1-2H3. The lowest BCUT2D eigenvalue weighted by atomic mass is 10.0. The zero-order valence-corrected chi connectivity index (χ0v) is 9.70. The van der Waals surface area contributed by atoms with Gasteiger partial charge in [-0.25, -0.2) is 4.39 Å². The molecule has 0 aliphatic rings. The van der Waals surface area contributed by atoms with Crippen LogP contribution in [0, 0.1) is 19.7 Å². The van der Waals surface area contributed by atoms with Crippen molar-refractivity contribution in [2.45, 2.75) is 13.8 Å². The van der Waals surface area contributed by atoms with E-state index in [9.17, 15) is 9.18 Å². The molecule has 0 aliphatic heterocycles. The lowest BCUT2D eigenvalue weighted by Gasteiger charge is -2.05. The van der Waals surface area contributed by atoms with Gasteiger partial charge in [-0.3, -0.25) is 9.78 Å². The van der Waals surface area contributed by atoms with Gasteiger partial charge in [-0.1, -0.05) is 12.1 Å². The summed E-state index contributed by atoms with van der Waals surface area (Å²) in [7, 11) is 0. The molecule has 2 nitrogen and oxygen atoms in total. The molecule has 86 valence electrons. The lowest BCUT2D eigenvalue weighted by Crippen LogP contribution is -2.05. The van der Waals surface area contributed by atoms with Gasteiger partial charge in [-0.2, -0.15) is 0 Å². The largest absolute Gasteiger partial charge is 0.289 e. The molecular weight excluding hydrogens is 217 g/mol. The Morgan fingerprint density at radius 2 is 2.00 bits per heavy atom. The number of pyridine rings is 1. The monoisotopic (exact) mass is 229 g/mol. The fourth-order valence-electron chi connectivity index (χ4n) is 1.61. The van der Waals surface area contributed by atoms with Crippen molar-refractivity contribution in [3.63, 3.8) is 0 Å². The van der Waals surface area contributed by atoms with Gasteiger partial charge in [-0.05, 0) is 37.6 Å². The Balaban J connectivity index is 2.44. The molecule has 0 fully saturated rings. The molecule has 0 saturated heterocycles. The highest BCUT2D eigenvalue weighted by Crippen LogP contribution is 2.15. The van der Waals surface area contributed by atoms with Crippen molar-refractivity contribution in [3.8, 4) is 0 Å². The van der Waals surface area contributed by atoms with E-state index in [2.05, 4.69) is 4.98 Å². The van der Waals surface area contributed by atoms with Gasteiger partial charge in [0.2, 0.25) is 0 Å². The first-order chi connectivity index (χ1) is 8.09. The van der Waals surface area contributed by atoms with Crippen LogP contribution in [-0.2, 0) is 0 Å². The van der Waals surface area contributed by atoms with Crippen LogP contribution in [0.25, 0.3) is 0 Å². The highest BCUT2D eigenvalue weighted by Gasteiger charge is 2.13. The highest BCUT2D eigenvalue weighted by atomic mass is 19.1. The van der Waals surface area contributed by atoms with Crippen LogP contribution >= 0.6 is 0 Å². The number of nitrogens with zero attached hydrogens (tertiary/aromatic N) is 1. The summed E-state index contributed by atoms with van der Waals surface area (Å²) >= 11 is 0. The number of hydrogen-bond donors (Lipinski definition) is 0. The number of aryl methyl sites for hydroxylation is 2. The molecule has 0 spiro atoms. The molecule has 2 rings (SSSR count). The molecule has 0 unspecified atom stereocenters. The average Bonchev–Trinajstić information content (AvgIpc) is 2.32. The molecule has 1 heterocycles. The van der Waals surface area contributed by atoms with Crippen molar-refractivity contribution in [3.05, 3.63) is 64.7 Å². The second-order valence-corrected chi connectivity index (χ2v) is 3.93. The first-order valence-corrected chi connectivity index (χ1v) is 5.32. The van der Waals surface area contributed by atoms with Gasteiger partial charge in [0.15, 0.2) is 5.78 Å². The van der Waals surface area contributed by atoms with Crippen LogP contribution in [0.1, 0.15) is 27.2 Å². The summed E-state index contributed by atoms with van der Waals surface area (Å²) < 4.78 is 13.4. The maximum absolute atomic E-state index is 13.4. The maximum atomic E-state index is 13.4. The molecule has 3 heteroatoms. The molecule has 0 aliphatic carbocycles. The molecule has 0 radical (unpaired) electrons. The van der Waals surface area contributed by atoms with Gasteiger partial charge in [0.1, 0.15) is 5.82 Å². The predicted molar refractivity (Wildman–Crippen MR) is 63.5 cm³/mol. The van der Waals surface area contributed by atoms with Gasteiger partial charge in [0, 0.05) is 23.0 Å². The maximum Gasteiger partial charge on any atom is 0.194 e. The molecule has 0 saturated carbocycles. The summed E-state index contributed by atoms with van der Waals surface area (Å²) in [5, 5.41) is 0. The molecular formula is C14H12FNO. The fourth-order valence-corrected chi connectivity index (χ4v) is 1.61. The van der Waals surface area contributed by atoms with E-state index in [1.165, 1.54) is 6.07 Å². The van der Waals surface area contributed by atoms with E-state index >= 15 is 0 Å². The van der Waals surface area contributed by atoms with Crippen LogP contribution in [-0.4, -0.2) is 10.8 Å². The Morgan fingerprint density at radius 3 is 2.65 bits per heavy atom. The van der Waals surface area contributed by atoms with E-state index in [1.807, 2.05) is 0 Å².